The molecule has 2 atom stereocenters. The Morgan fingerprint density at radius 3 is 2.62 bits per heavy atom. The number of hydrogen-bond acceptors (Lipinski definition) is 2. The van der Waals surface area contributed by atoms with E-state index >= 15 is 0 Å². The molecule has 0 saturated carbocycles. The van der Waals surface area contributed by atoms with Crippen LogP contribution in [0.4, 0.5) is 8.78 Å². The second-order valence-electron chi connectivity index (χ2n) is 4.79. The number of nitrogens with two attached hydrogens (primary N) is 1. The number of rotatable bonds is 6. The van der Waals surface area contributed by atoms with Crippen LogP contribution < -0.4 is 11.1 Å². The van der Waals surface area contributed by atoms with E-state index in [1.54, 1.807) is 7.11 Å². The van der Waals surface area contributed by atoms with Gasteiger partial charge in [0.05, 0.1) is 6.61 Å². The predicted octanol–water partition coefficient (Wildman–Crippen LogP) is 2.63. The Morgan fingerprint density at radius 2 is 2.05 bits per heavy atom. The van der Waals surface area contributed by atoms with Crippen LogP contribution >= 0.6 is 24.0 Å². The van der Waals surface area contributed by atoms with E-state index in [1.165, 1.54) is 12.1 Å². The maximum absolute atomic E-state index is 13.6. The van der Waals surface area contributed by atoms with Gasteiger partial charge in [0.15, 0.2) is 5.96 Å². The molecule has 1 rings (SSSR count). The highest BCUT2D eigenvalue weighted by Gasteiger charge is 2.11. The van der Waals surface area contributed by atoms with Gasteiger partial charge in [-0.25, -0.2) is 8.78 Å². The van der Waals surface area contributed by atoms with Crippen molar-refractivity contribution in [2.45, 2.75) is 25.8 Å². The molecule has 4 nitrogen and oxygen atoms in total. The number of nitrogens with zero attached hydrogens (tertiary/aromatic N) is 1. The van der Waals surface area contributed by atoms with Crippen molar-refractivity contribution in [3.8, 4) is 0 Å². The average Bonchev–Trinajstić information content (AvgIpc) is 2.36. The van der Waals surface area contributed by atoms with E-state index in [9.17, 15) is 8.78 Å². The van der Waals surface area contributed by atoms with E-state index in [4.69, 9.17) is 10.5 Å². The lowest BCUT2D eigenvalue weighted by atomic mass is 10.0. The van der Waals surface area contributed by atoms with Gasteiger partial charge in [-0.05, 0) is 18.6 Å². The van der Waals surface area contributed by atoms with Crippen molar-refractivity contribution in [1.82, 2.24) is 5.32 Å². The Hall–Kier alpha value is -0.960. The van der Waals surface area contributed by atoms with Crippen LogP contribution in [0.25, 0.3) is 0 Å². The first-order chi connectivity index (χ1) is 9.43. The van der Waals surface area contributed by atoms with Crippen LogP contribution in [-0.2, 0) is 4.74 Å². The zero-order chi connectivity index (χ0) is 15.1. The second-order valence-corrected chi connectivity index (χ2v) is 4.79. The molecule has 0 bridgehead atoms. The molecule has 0 aliphatic carbocycles. The summed E-state index contributed by atoms with van der Waals surface area (Å²) >= 11 is 0. The van der Waals surface area contributed by atoms with Crippen LogP contribution in [-0.4, -0.2) is 32.3 Å². The van der Waals surface area contributed by atoms with Gasteiger partial charge in [0.1, 0.15) is 11.6 Å². The Bertz CT molecular complexity index is 472. The molecule has 3 N–H and O–H groups in total. The first-order valence-electron chi connectivity index (χ1n) is 6.44. The van der Waals surface area contributed by atoms with Crippen LogP contribution in [0.15, 0.2) is 23.2 Å². The van der Waals surface area contributed by atoms with Gasteiger partial charge in [-0.1, -0.05) is 13.0 Å². The Balaban J connectivity index is 0.00000400. The number of halogens is 3. The quantitative estimate of drug-likeness (QED) is 0.428. The molecule has 21 heavy (non-hydrogen) atoms. The summed E-state index contributed by atoms with van der Waals surface area (Å²) in [5.74, 6) is -1.05. The monoisotopic (exact) mass is 413 g/mol. The first kappa shape index (κ1) is 20.0. The van der Waals surface area contributed by atoms with Crippen molar-refractivity contribution in [2.75, 3.05) is 20.3 Å². The zero-order valence-corrected chi connectivity index (χ0v) is 14.7. The molecule has 0 aliphatic heterocycles. The molecule has 7 heteroatoms. The summed E-state index contributed by atoms with van der Waals surface area (Å²) in [6.07, 6.45) is 0. The summed E-state index contributed by atoms with van der Waals surface area (Å²) in [5.41, 5.74) is 6.15. The minimum Gasteiger partial charge on any atom is -0.383 e. The predicted molar refractivity (Wildman–Crippen MR) is 91.2 cm³/mol. The zero-order valence-electron chi connectivity index (χ0n) is 12.4. The standard InChI is InChI=1S/C14H21F2N3O.HI/c1-9(12-5-4-11(15)6-13(12)16)7-18-14(17)19-10(2)8-20-3;/h4-6,9-10H,7-8H2,1-3H3,(H3,17,18,19);1H. The molecule has 0 fully saturated rings. The number of benzene rings is 1. The van der Waals surface area contributed by atoms with E-state index < -0.39 is 11.6 Å². The number of guanidine groups is 1. The minimum absolute atomic E-state index is 0. The van der Waals surface area contributed by atoms with Crippen LogP contribution in [0.5, 0.6) is 0 Å². The Labute approximate surface area is 141 Å². The first-order valence-corrected chi connectivity index (χ1v) is 6.44. The highest BCUT2D eigenvalue weighted by atomic mass is 127. The van der Waals surface area contributed by atoms with Gasteiger partial charge in [0, 0.05) is 31.7 Å². The SMILES string of the molecule is COCC(C)NC(N)=NCC(C)c1ccc(F)cc1F.I. The number of ether oxygens (including phenoxy) is 1. The molecular formula is C14H22F2IN3O. The van der Waals surface area contributed by atoms with Gasteiger partial charge in [0.25, 0.3) is 0 Å². The summed E-state index contributed by atoms with van der Waals surface area (Å²) in [6, 6.07) is 3.59. The molecule has 0 heterocycles. The lowest BCUT2D eigenvalue weighted by Gasteiger charge is -2.14. The summed E-state index contributed by atoms with van der Waals surface area (Å²) < 4.78 is 31.4. The van der Waals surface area contributed by atoms with Gasteiger partial charge in [-0.2, -0.15) is 0 Å². The van der Waals surface area contributed by atoms with Crippen LogP contribution in [0.1, 0.15) is 25.3 Å². The molecule has 0 saturated heterocycles. The van der Waals surface area contributed by atoms with Gasteiger partial charge in [0.2, 0.25) is 0 Å². The van der Waals surface area contributed by atoms with Crippen molar-refractivity contribution >= 4 is 29.9 Å². The van der Waals surface area contributed by atoms with E-state index in [-0.39, 0.29) is 41.9 Å². The molecule has 1 aromatic rings. The summed E-state index contributed by atoms with van der Waals surface area (Å²) in [5, 5.41) is 2.96. The molecule has 0 radical (unpaired) electrons. The third-order valence-corrected chi connectivity index (χ3v) is 2.84. The average molecular weight is 413 g/mol. The van der Waals surface area contributed by atoms with E-state index in [0.717, 1.165) is 6.07 Å². The molecule has 120 valence electrons. The highest BCUT2D eigenvalue weighted by molar-refractivity contribution is 14.0. The van der Waals surface area contributed by atoms with Crippen molar-refractivity contribution < 1.29 is 13.5 Å². The van der Waals surface area contributed by atoms with E-state index in [0.29, 0.717) is 18.7 Å². The normalized spacial score (nSPS) is 14.2. The third-order valence-electron chi connectivity index (χ3n) is 2.84. The van der Waals surface area contributed by atoms with Crippen molar-refractivity contribution in [3.05, 3.63) is 35.4 Å². The van der Waals surface area contributed by atoms with Crippen molar-refractivity contribution in [3.63, 3.8) is 0 Å². The van der Waals surface area contributed by atoms with Crippen molar-refractivity contribution in [1.29, 1.82) is 0 Å². The van der Waals surface area contributed by atoms with E-state index in [1.807, 2.05) is 13.8 Å². The number of hydrogen-bond donors (Lipinski definition) is 2. The molecule has 0 aromatic heterocycles. The molecule has 0 amide bonds. The third kappa shape index (κ3) is 7.03. The van der Waals surface area contributed by atoms with Crippen LogP contribution in [0.3, 0.4) is 0 Å². The number of aliphatic imine (C=N–C) groups is 1. The largest absolute Gasteiger partial charge is 0.383 e. The van der Waals surface area contributed by atoms with Gasteiger partial charge < -0.3 is 15.8 Å². The Kier molecular flexibility index (Phi) is 9.43. The topological polar surface area (TPSA) is 59.6 Å². The van der Waals surface area contributed by atoms with Gasteiger partial charge in [-0.15, -0.1) is 24.0 Å². The van der Waals surface area contributed by atoms with Crippen molar-refractivity contribution in [2.24, 2.45) is 10.7 Å². The second kappa shape index (κ2) is 9.88. The summed E-state index contributed by atoms with van der Waals surface area (Å²) in [7, 11) is 1.60. The minimum atomic E-state index is -0.587. The Morgan fingerprint density at radius 1 is 1.38 bits per heavy atom. The summed E-state index contributed by atoms with van der Waals surface area (Å²) in [6.45, 7) is 4.56. The molecule has 0 spiro atoms. The number of nitrogens with one attached hydrogen (secondary N) is 1. The maximum atomic E-state index is 13.6. The van der Waals surface area contributed by atoms with Crippen LogP contribution in [0.2, 0.25) is 0 Å². The fourth-order valence-electron chi connectivity index (χ4n) is 1.82. The molecular weight excluding hydrogens is 391 g/mol. The lowest BCUT2D eigenvalue weighted by molar-refractivity contribution is 0.179. The van der Waals surface area contributed by atoms with Crippen LogP contribution in [0, 0.1) is 11.6 Å². The smallest absolute Gasteiger partial charge is 0.188 e. The summed E-state index contributed by atoms with van der Waals surface area (Å²) in [4.78, 5) is 4.15. The molecule has 0 aliphatic rings. The highest BCUT2D eigenvalue weighted by Crippen LogP contribution is 2.19. The molecule has 1 aromatic carbocycles. The molecule has 2 unspecified atom stereocenters. The number of methoxy groups -OCH3 is 1. The van der Waals surface area contributed by atoms with E-state index in [2.05, 4.69) is 10.3 Å². The van der Waals surface area contributed by atoms with Gasteiger partial charge >= 0.3 is 0 Å². The fraction of sp³-hybridized carbons (Fsp3) is 0.500. The lowest BCUT2D eigenvalue weighted by Crippen LogP contribution is -2.40. The fourth-order valence-corrected chi connectivity index (χ4v) is 1.82. The maximum Gasteiger partial charge on any atom is 0.188 e. The van der Waals surface area contributed by atoms with Gasteiger partial charge in [-0.3, -0.25) is 4.99 Å².